The Labute approximate surface area is 474 Å². The summed E-state index contributed by atoms with van der Waals surface area (Å²) in [5.74, 6) is -0.859. The van der Waals surface area contributed by atoms with Crippen molar-refractivity contribution in [3.8, 4) is 0 Å². The molecule has 0 saturated carbocycles. The zero-order valence-corrected chi connectivity index (χ0v) is 51.3. The van der Waals surface area contributed by atoms with E-state index in [1.165, 1.54) is 250 Å². The van der Waals surface area contributed by atoms with Crippen molar-refractivity contribution >= 4 is 17.9 Å². The molecule has 0 aliphatic heterocycles. The van der Waals surface area contributed by atoms with Gasteiger partial charge in [-0.3, -0.25) is 14.4 Å². The van der Waals surface area contributed by atoms with Crippen molar-refractivity contribution in [2.45, 2.75) is 380 Å². The van der Waals surface area contributed by atoms with Crippen LogP contribution in [0.1, 0.15) is 374 Å². The molecule has 0 heterocycles. The highest BCUT2D eigenvalue weighted by molar-refractivity contribution is 5.71. The Kier molecular flexibility index (Phi) is 63.1. The minimum atomic E-state index is -0.774. The molecule has 0 bridgehead atoms. The van der Waals surface area contributed by atoms with E-state index in [4.69, 9.17) is 14.2 Å². The van der Waals surface area contributed by atoms with Crippen molar-refractivity contribution in [1.82, 2.24) is 0 Å². The average molecular weight is 1070 g/mol. The van der Waals surface area contributed by atoms with Gasteiger partial charge in [0.05, 0.1) is 0 Å². The maximum absolute atomic E-state index is 12.9. The van der Waals surface area contributed by atoms with Crippen LogP contribution in [0.2, 0.25) is 0 Å². The summed E-state index contributed by atoms with van der Waals surface area (Å²) in [6.07, 6.45) is 80.5. The summed E-state index contributed by atoms with van der Waals surface area (Å²) in [5.41, 5.74) is 0. The standard InChI is InChI=1S/C70H130O6/c1-4-7-10-13-16-19-22-24-26-28-29-30-31-32-33-34-35-36-37-38-39-40-41-43-44-46-48-51-54-57-60-63-69(72)75-66-67(65-74-68(71)62-59-56-53-50-21-18-15-12-9-6-3)76-70(73)64-61-58-55-52-49-47-45-42-27-25-23-20-17-14-11-8-5-2/h8,11,17,20,25,27,67H,4-7,9-10,12-16,18-19,21-24,26,28-66H2,1-3H3/b11-8-,20-17-,27-25-. The number of allylic oxidation sites excluding steroid dienone is 6. The first-order valence-corrected chi connectivity index (χ1v) is 34.0. The Morgan fingerprint density at radius 3 is 0.803 bits per heavy atom. The quantitative estimate of drug-likeness (QED) is 0.0261. The van der Waals surface area contributed by atoms with Crippen molar-refractivity contribution in [2.75, 3.05) is 13.2 Å². The maximum atomic E-state index is 12.9. The van der Waals surface area contributed by atoms with Crippen LogP contribution in [0.5, 0.6) is 0 Å². The lowest BCUT2D eigenvalue weighted by molar-refractivity contribution is -0.167. The van der Waals surface area contributed by atoms with Gasteiger partial charge in [0.2, 0.25) is 0 Å². The maximum Gasteiger partial charge on any atom is 0.306 e. The van der Waals surface area contributed by atoms with Gasteiger partial charge < -0.3 is 14.2 Å². The molecule has 0 aliphatic carbocycles. The molecule has 6 nitrogen and oxygen atoms in total. The van der Waals surface area contributed by atoms with Crippen LogP contribution in [0.4, 0.5) is 0 Å². The van der Waals surface area contributed by atoms with E-state index in [9.17, 15) is 14.4 Å². The van der Waals surface area contributed by atoms with Crippen LogP contribution in [0, 0.1) is 0 Å². The fraction of sp³-hybridized carbons (Fsp3) is 0.871. The first-order chi connectivity index (χ1) is 37.5. The number of ether oxygens (including phenoxy) is 3. The van der Waals surface area contributed by atoms with Crippen LogP contribution >= 0.6 is 0 Å². The van der Waals surface area contributed by atoms with Crippen LogP contribution < -0.4 is 0 Å². The predicted octanol–water partition coefficient (Wildman–Crippen LogP) is 23.2. The summed E-state index contributed by atoms with van der Waals surface area (Å²) < 4.78 is 16.9. The van der Waals surface area contributed by atoms with Crippen LogP contribution in [0.3, 0.4) is 0 Å². The minimum absolute atomic E-state index is 0.0712. The number of carbonyl (C=O) groups is 3. The topological polar surface area (TPSA) is 78.9 Å². The van der Waals surface area contributed by atoms with E-state index in [1.54, 1.807) is 0 Å². The van der Waals surface area contributed by atoms with Gasteiger partial charge in [-0.25, -0.2) is 0 Å². The van der Waals surface area contributed by atoms with Gasteiger partial charge in [-0.05, 0) is 51.4 Å². The molecule has 0 N–H and O–H groups in total. The summed E-state index contributed by atoms with van der Waals surface area (Å²) in [6, 6.07) is 0. The first-order valence-electron chi connectivity index (χ1n) is 34.0. The van der Waals surface area contributed by atoms with Gasteiger partial charge in [0.15, 0.2) is 6.10 Å². The number of hydrogen-bond donors (Lipinski definition) is 0. The second-order valence-corrected chi connectivity index (χ2v) is 23.1. The molecule has 0 fully saturated rings. The highest BCUT2D eigenvalue weighted by Crippen LogP contribution is 2.19. The van der Waals surface area contributed by atoms with E-state index in [1.807, 2.05) is 0 Å². The molecule has 1 atom stereocenters. The largest absolute Gasteiger partial charge is 0.462 e. The Morgan fingerprint density at radius 1 is 0.276 bits per heavy atom. The SMILES string of the molecule is CC/C=C\C/C=C\C/C=C\CCCCCCCCCC(=O)OC(COC(=O)CCCCCCCCCCCC)COC(=O)CCCCCCCCCCCCCCCCCCCCCCCCCCCCCCCCC. The van der Waals surface area contributed by atoms with Gasteiger partial charge in [-0.1, -0.05) is 340 Å². The zero-order chi connectivity index (χ0) is 55.0. The molecule has 0 aromatic rings. The number of carbonyl (C=O) groups excluding carboxylic acids is 3. The first kappa shape index (κ1) is 73.6. The number of hydrogen-bond acceptors (Lipinski definition) is 6. The molecular weight excluding hydrogens is 937 g/mol. The lowest BCUT2D eigenvalue weighted by atomic mass is 10.0. The monoisotopic (exact) mass is 1070 g/mol. The third kappa shape index (κ3) is 62.5. The van der Waals surface area contributed by atoms with Crippen LogP contribution in [-0.2, 0) is 28.6 Å². The van der Waals surface area contributed by atoms with Gasteiger partial charge in [-0.15, -0.1) is 0 Å². The predicted molar refractivity (Wildman–Crippen MR) is 330 cm³/mol. The fourth-order valence-electron chi connectivity index (χ4n) is 10.3. The molecule has 0 rings (SSSR count). The van der Waals surface area contributed by atoms with Crippen molar-refractivity contribution in [1.29, 1.82) is 0 Å². The summed E-state index contributed by atoms with van der Waals surface area (Å²) in [6.45, 7) is 6.57. The molecular formula is C70H130O6. The third-order valence-electron chi connectivity index (χ3n) is 15.4. The molecule has 1 unspecified atom stereocenters. The van der Waals surface area contributed by atoms with Gasteiger partial charge in [0, 0.05) is 19.3 Å². The van der Waals surface area contributed by atoms with Crippen molar-refractivity contribution in [2.24, 2.45) is 0 Å². The third-order valence-corrected chi connectivity index (χ3v) is 15.4. The molecule has 6 heteroatoms. The van der Waals surface area contributed by atoms with Crippen molar-refractivity contribution in [3.05, 3.63) is 36.5 Å². The normalized spacial score (nSPS) is 12.2. The number of unbranched alkanes of at least 4 members (excludes halogenated alkanes) is 46. The Balaban J connectivity index is 4.06. The van der Waals surface area contributed by atoms with E-state index in [0.29, 0.717) is 19.3 Å². The second kappa shape index (κ2) is 65.2. The Hall–Kier alpha value is -2.37. The molecule has 0 aromatic carbocycles. The Bertz CT molecular complexity index is 1270. The fourth-order valence-corrected chi connectivity index (χ4v) is 10.3. The molecule has 76 heavy (non-hydrogen) atoms. The summed E-state index contributed by atoms with van der Waals surface area (Å²) >= 11 is 0. The van der Waals surface area contributed by atoms with E-state index in [2.05, 4.69) is 57.2 Å². The molecule has 0 spiro atoms. The van der Waals surface area contributed by atoms with Crippen molar-refractivity contribution in [3.63, 3.8) is 0 Å². The van der Waals surface area contributed by atoms with Gasteiger partial charge in [0.1, 0.15) is 13.2 Å². The molecule has 446 valence electrons. The van der Waals surface area contributed by atoms with E-state index >= 15 is 0 Å². The van der Waals surface area contributed by atoms with Gasteiger partial charge >= 0.3 is 17.9 Å². The summed E-state index contributed by atoms with van der Waals surface area (Å²) in [7, 11) is 0. The molecule has 0 amide bonds. The lowest BCUT2D eigenvalue weighted by Gasteiger charge is -2.18. The van der Waals surface area contributed by atoms with Crippen LogP contribution in [0.15, 0.2) is 36.5 Å². The Morgan fingerprint density at radius 2 is 0.513 bits per heavy atom. The zero-order valence-electron chi connectivity index (χ0n) is 51.3. The summed E-state index contributed by atoms with van der Waals surface area (Å²) in [5, 5.41) is 0. The second-order valence-electron chi connectivity index (χ2n) is 23.1. The molecule has 0 saturated heterocycles. The average Bonchev–Trinajstić information content (AvgIpc) is 3.42. The van der Waals surface area contributed by atoms with Crippen LogP contribution in [0.25, 0.3) is 0 Å². The van der Waals surface area contributed by atoms with E-state index in [0.717, 1.165) is 83.5 Å². The molecule has 0 aliphatic rings. The van der Waals surface area contributed by atoms with Crippen LogP contribution in [-0.4, -0.2) is 37.2 Å². The highest BCUT2D eigenvalue weighted by atomic mass is 16.6. The molecule has 0 radical (unpaired) electrons. The van der Waals surface area contributed by atoms with Gasteiger partial charge in [0.25, 0.3) is 0 Å². The van der Waals surface area contributed by atoms with E-state index < -0.39 is 6.10 Å². The lowest BCUT2D eigenvalue weighted by Crippen LogP contribution is -2.30. The summed E-state index contributed by atoms with van der Waals surface area (Å²) in [4.78, 5) is 38.2. The van der Waals surface area contributed by atoms with E-state index in [-0.39, 0.29) is 31.1 Å². The van der Waals surface area contributed by atoms with Gasteiger partial charge in [-0.2, -0.15) is 0 Å². The molecule has 0 aromatic heterocycles. The number of esters is 3. The highest BCUT2D eigenvalue weighted by Gasteiger charge is 2.19. The smallest absolute Gasteiger partial charge is 0.306 e. The van der Waals surface area contributed by atoms with Crippen molar-refractivity contribution < 1.29 is 28.6 Å². The number of rotatable bonds is 63. The minimum Gasteiger partial charge on any atom is -0.462 e.